The molecular formula is C38H68O4Si2. The summed E-state index contributed by atoms with van der Waals surface area (Å²) < 4.78 is 19.0. The van der Waals surface area contributed by atoms with E-state index in [4.69, 9.17) is 13.6 Å². The minimum atomic E-state index is -1.98. The molecule has 4 nitrogen and oxygen atoms in total. The van der Waals surface area contributed by atoms with Crippen LogP contribution in [0.1, 0.15) is 120 Å². The predicted molar refractivity (Wildman–Crippen MR) is 192 cm³/mol. The van der Waals surface area contributed by atoms with Crippen LogP contribution in [0.2, 0.25) is 36.3 Å². The quantitative estimate of drug-likeness (QED) is 0.175. The number of hydrogen-bond donors (Lipinski definition) is 0. The summed E-state index contributed by atoms with van der Waals surface area (Å²) in [4.78, 5) is 11.7. The van der Waals surface area contributed by atoms with Gasteiger partial charge in [0.15, 0.2) is 16.6 Å². The lowest BCUT2D eigenvalue weighted by Crippen LogP contribution is -2.49. The van der Waals surface area contributed by atoms with Crippen molar-refractivity contribution < 1.29 is 18.4 Å². The van der Waals surface area contributed by atoms with E-state index in [9.17, 15) is 4.79 Å². The molecule has 252 valence electrons. The number of carbonyl (C=O) groups excluding carboxylic acids is 1. The summed E-state index contributed by atoms with van der Waals surface area (Å²) in [5.74, 6) is 1.92. The number of hydrogen-bond acceptors (Lipinski definition) is 4. The average molecular weight is 645 g/mol. The van der Waals surface area contributed by atoms with Crippen LogP contribution in [0.4, 0.5) is 0 Å². The third kappa shape index (κ3) is 8.49. The second kappa shape index (κ2) is 14.0. The third-order valence-electron chi connectivity index (χ3n) is 12.7. The Morgan fingerprint density at radius 3 is 2.23 bits per heavy atom. The molecule has 0 spiro atoms. The molecule has 3 rings (SSSR count). The first-order valence-corrected chi connectivity index (χ1v) is 23.5. The van der Waals surface area contributed by atoms with E-state index in [0.717, 1.165) is 31.6 Å². The first kappa shape index (κ1) is 37.5. The Labute approximate surface area is 274 Å². The van der Waals surface area contributed by atoms with Crippen LogP contribution < -0.4 is 0 Å². The van der Waals surface area contributed by atoms with Gasteiger partial charge in [0.1, 0.15) is 0 Å². The van der Waals surface area contributed by atoms with Gasteiger partial charge >= 0.3 is 5.97 Å². The molecule has 6 atom stereocenters. The van der Waals surface area contributed by atoms with E-state index in [0.29, 0.717) is 23.7 Å². The van der Waals surface area contributed by atoms with Gasteiger partial charge < -0.3 is 13.6 Å². The van der Waals surface area contributed by atoms with E-state index in [2.05, 4.69) is 100 Å². The molecule has 44 heavy (non-hydrogen) atoms. The lowest BCUT2D eigenvalue weighted by atomic mass is 9.60. The Bertz CT molecular complexity index is 1090. The maximum absolute atomic E-state index is 11.7. The lowest BCUT2D eigenvalue weighted by Gasteiger charge is -2.46. The van der Waals surface area contributed by atoms with Crippen molar-refractivity contribution in [3.63, 3.8) is 0 Å². The molecule has 3 aliphatic rings. The van der Waals surface area contributed by atoms with Gasteiger partial charge in [0, 0.05) is 12.8 Å². The van der Waals surface area contributed by atoms with Crippen molar-refractivity contribution in [1.82, 2.24) is 0 Å². The fourth-order valence-electron chi connectivity index (χ4n) is 7.85. The lowest BCUT2D eigenvalue weighted by molar-refractivity contribution is -0.140. The molecule has 0 aromatic rings. The van der Waals surface area contributed by atoms with E-state index in [1.54, 1.807) is 5.57 Å². The van der Waals surface area contributed by atoms with Crippen LogP contribution in [0.15, 0.2) is 35.5 Å². The van der Waals surface area contributed by atoms with Gasteiger partial charge in [-0.15, -0.1) is 0 Å². The van der Waals surface area contributed by atoms with Gasteiger partial charge in [-0.3, -0.25) is 4.79 Å². The van der Waals surface area contributed by atoms with Gasteiger partial charge in [0.25, 0.3) is 0 Å². The van der Waals surface area contributed by atoms with Gasteiger partial charge in [0.05, 0.1) is 19.3 Å². The Balaban J connectivity index is 1.86. The van der Waals surface area contributed by atoms with Crippen molar-refractivity contribution in [3.8, 4) is 0 Å². The highest BCUT2D eigenvalue weighted by Gasteiger charge is 2.50. The van der Waals surface area contributed by atoms with E-state index in [1.807, 2.05) is 0 Å². The minimum absolute atomic E-state index is 0.0161. The summed E-state index contributed by atoms with van der Waals surface area (Å²) >= 11 is 0. The average Bonchev–Trinajstić information content (AvgIpc) is 3.25. The van der Waals surface area contributed by atoms with Crippen LogP contribution in [-0.4, -0.2) is 41.9 Å². The van der Waals surface area contributed by atoms with Gasteiger partial charge in [-0.05, 0) is 122 Å². The number of fused-ring (bicyclic) bond motifs is 1. The van der Waals surface area contributed by atoms with Crippen LogP contribution in [-0.2, 0) is 18.4 Å². The number of carbonyl (C=O) groups is 1. The van der Waals surface area contributed by atoms with E-state index < -0.39 is 16.6 Å². The molecule has 0 heterocycles. The molecule has 3 saturated carbocycles. The number of methoxy groups -OCH3 is 1. The molecule has 6 heteroatoms. The fourth-order valence-corrected chi connectivity index (χ4v) is 10.5. The molecule has 3 fully saturated rings. The molecule has 0 aromatic heterocycles. The number of ether oxygens (including phenoxy) is 1. The predicted octanol–water partition coefficient (Wildman–Crippen LogP) is 11.2. The zero-order valence-electron chi connectivity index (χ0n) is 31.0. The van der Waals surface area contributed by atoms with Crippen LogP contribution in [0.25, 0.3) is 0 Å². The first-order chi connectivity index (χ1) is 20.1. The zero-order valence-corrected chi connectivity index (χ0v) is 33.0. The number of rotatable bonds is 10. The van der Waals surface area contributed by atoms with E-state index in [1.165, 1.54) is 50.4 Å². The molecule has 0 aromatic carbocycles. The summed E-state index contributed by atoms with van der Waals surface area (Å²) in [5.41, 5.74) is 4.48. The van der Waals surface area contributed by atoms with Crippen LogP contribution >= 0.6 is 0 Å². The highest BCUT2D eigenvalue weighted by molar-refractivity contribution is 6.74. The standard InChI is InChI=1S/C38H68O4Si2/c1-27(17-15-19-35(39)40-10)32-22-23-33-29(18-16-24-38(32,33)9)20-21-30-25-31(41-43(11,12)36(3,4)5)26-34(28(30)2)42-44(13,14)37(6,7)8/h20-21,27,31-34H,2,15-19,22-26H2,1,3-14H3/b29-20+,30-21-. The van der Waals surface area contributed by atoms with E-state index in [-0.39, 0.29) is 28.3 Å². The Morgan fingerprint density at radius 2 is 1.64 bits per heavy atom. The number of allylic oxidation sites excluding steroid dienone is 3. The highest BCUT2D eigenvalue weighted by atomic mass is 28.4. The zero-order chi connectivity index (χ0) is 33.3. The van der Waals surface area contributed by atoms with Crippen molar-refractivity contribution in [2.24, 2.45) is 23.2 Å². The number of esters is 1. The van der Waals surface area contributed by atoms with E-state index >= 15 is 0 Å². The molecule has 0 N–H and O–H groups in total. The molecule has 0 bridgehead atoms. The summed E-state index contributed by atoms with van der Waals surface area (Å²) in [6.45, 7) is 33.1. The van der Waals surface area contributed by atoms with Gasteiger partial charge in [-0.2, -0.15) is 0 Å². The molecule has 0 aliphatic heterocycles. The first-order valence-electron chi connectivity index (χ1n) is 17.6. The molecule has 0 radical (unpaired) electrons. The maximum atomic E-state index is 11.7. The summed E-state index contributed by atoms with van der Waals surface area (Å²) in [6, 6.07) is 0. The van der Waals surface area contributed by atoms with Gasteiger partial charge in [-0.1, -0.05) is 79.7 Å². The highest BCUT2D eigenvalue weighted by Crippen LogP contribution is 2.60. The van der Waals surface area contributed by atoms with Crippen molar-refractivity contribution in [2.75, 3.05) is 7.11 Å². The van der Waals surface area contributed by atoms with Gasteiger partial charge in [0.2, 0.25) is 0 Å². The van der Waals surface area contributed by atoms with Crippen LogP contribution in [0.3, 0.4) is 0 Å². The Hall–Kier alpha value is -0.956. The second-order valence-corrected chi connectivity index (χ2v) is 27.3. The topological polar surface area (TPSA) is 44.8 Å². The van der Waals surface area contributed by atoms with Crippen LogP contribution in [0, 0.1) is 23.2 Å². The normalized spacial score (nSPS) is 31.3. The second-order valence-electron chi connectivity index (χ2n) is 17.8. The third-order valence-corrected chi connectivity index (χ3v) is 21.7. The smallest absolute Gasteiger partial charge is 0.305 e. The Morgan fingerprint density at radius 1 is 1.02 bits per heavy atom. The minimum Gasteiger partial charge on any atom is -0.469 e. The summed E-state index contributed by atoms with van der Waals surface area (Å²) in [5, 5.41) is 0.319. The van der Waals surface area contributed by atoms with Crippen molar-refractivity contribution >= 4 is 22.6 Å². The molecular weight excluding hydrogens is 577 g/mol. The van der Waals surface area contributed by atoms with Crippen molar-refractivity contribution in [2.45, 2.75) is 168 Å². The van der Waals surface area contributed by atoms with Gasteiger partial charge in [-0.25, -0.2) is 0 Å². The Kier molecular flexibility index (Phi) is 12.0. The van der Waals surface area contributed by atoms with Crippen LogP contribution in [0.5, 0.6) is 0 Å². The molecule has 3 aliphatic carbocycles. The molecule has 6 unspecified atom stereocenters. The molecule has 0 saturated heterocycles. The molecule has 0 amide bonds. The van der Waals surface area contributed by atoms with Crippen molar-refractivity contribution in [1.29, 1.82) is 0 Å². The SMILES string of the molecule is C=C1/C(=C\C=C2/CCCC3(C)C2CCC3C(C)CCCC(=O)OC)CC(O[Si](C)(C)C(C)(C)C)CC1O[Si](C)(C)C(C)(C)C. The fraction of sp³-hybridized carbons (Fsp3) is 0.816. The summed E-state index contributed by atoms with van der Waals surface area (Å²) in [6.07, 6.45) is 15.9. The van der Waals surface area contributed by atoms with Crippen molar-refractivity contribution in [3.05, 3.63) is 35.5 Å². The monoisotopic (exact) mass is 644 g/mol. The summed E-state index contributed by atoms with van der Waals surface area (Å²) in [7, 11) is -2.42. The largest absolute Gasteiger partial charge is 0.469 e. The maximum Gasteiger partial charge on any atom is 0.305 e.